The Labute approximate surface area is 190 Å². The predicted octanol–water partition coefficient (Wildman–Crippen LogP) is 5.38. The fourth-order valence-electron chi connectivity index (χ4n) is 4.93. The van der Waals surface area contributed by atoms with E-state index in [9.17, 15) is 9.59 Å². The van der Waals surface area contributed by atoms with Gasteiger partial charge in [-0.2, -0.15) is 11.8 Å². The highest BCUT2D eigenvalue weighted by Crippen LogP contribution is 2.34. The van der Waals surface area contributed by atoms with Crippen molar-refractivity contribution in [3.63, 3.8) is 0 Å². The molecule has 2 aliphatic heterocycles. The van der Waals surface area contributed by atoms with Crippen LogP contribution < -0.4 is 10.6 Å². The third-order valence-corrected chi connectivity index (χ3v) is 7.97. The minimum absolute atomic E-state index is 0.0640. The number of amides is 2. The van der Waals surface area contributed by atoms with Crippen LogP contribution in [0.4, 0.5) is 4.79 Å². The Morgan fingerprint density at radius 2 is 1.44 bits per heavy atom. The Balaban J connectivity index is 0.000000135. The molecule has 164 valence electrons. The number of carbonyl (C=O) groups is 2. The Hall–Kier alpha value is -2.99. The van der Waals surface area contributed by atoms with E-state index in [1.54, 1.807) is 0 Å². The van der Waals surface area contributed by atoms with Gasteiger partial charge in [0.15, 0.2) is 0 Å². The quantitative estimate of drug-likeness (QED) is 0.218. The molecule has 32 heavy (non-hydrogen) atoms. The van der Waals surface area contributed by atoms with Gasteiger partial charge in [-0.1, -0.05) is 67.1 Å². The summed E-state index contributed by atoms with van der Waals surface area (Å²) >= 11 is 1.87. The van der Waals surface area contributed by atoms with Crippen molar-refractivity contribution >= 4 is 56.1 Å². The van der Waals surface area contributed by atoms with Crippen LogP contribution >= 0.6 is 11.8 Å². The molecular weight excluding hydrogens is 420 g/mol. The zero-order valence-corrected chi connectivity index (χ0v) is 18.5. The monoisotopic (exact) mass is 446 g/mol. The van der Waals surface area contributed by atoms with Gasteiger partial charge in [0.25, 0.3) is 0 Å². The minimum atomic E-state index is -0.729. The van der Waals surface area contributed by atoms with Gasteiger partial charge >= 0.3 is 12.0 Å². The Kier molecular flexibility index (Phi) is 5.79. The molecule has 6 heteroatoms. The molecule has 2 heterocycles. The highest BCUT2D eigenvalue weighted by molar-refractivity contribution is 8.00. The zero-order valence-electron chi connectivity index (χ0n) is 17.7. The molecule has 2 fully saturated rings. The van der Waals surface area contributed by atoms with Crippen LogP contribution in [-0.2, 0) is 4.79 Å². The van der Waals surface area contributed by atoms with E-state index < -0.39 is 5.97 Å². The summed E-state index contributed by atoms with van der Waals surface area (Å²) in [4.78, 5) is 21.5. The highest BCUT2D eigenvalue weighted by atomic mass is 32.2. The van der Waals surface area contributed by atoms with E-state index in [0.29, 0.717) is 5.25 Å². The maximum Gasteiger partial charge on any atom is 0.315 e. The van der Waals surface area contributed by atoms with Crippen molar-refractivity contribution in [3.05, 3.63) is 60.7 Å². The van der Waals surface area contributed by atoms with Gasteiger partial charge in [0, 0.05) is 17.4 Å². The van der Waals surface area contributed by atoms with E-state index in [2.05, 4.69) is 71.3 Å². The van der Waals surface area contributed by atoms with Crippen LogP contribution in [0.15, 0.2) is 60.7 Å². The van der Waals surface area contributed by atoms with Crippen molar-refractivity contribution in [1.29, 1.82) is 0 Å². The summed E-state index contributed by atoms with van der Waals surface area (Å²) < 4.78 is 0. The van der Waals surface area contributed by atoms with Crippen LogP contribution in [0, 0.1) is 0 Å². The Bertz CT molecular complexity index is 1140. The molecule has 4 aromatic carbocycles. The summed E-state index contributed by atoms with van der Waals surface area (Å²) in [5, 5.41) is 22.9. The largest absolute Gasteiger partial charge is 0.481 e. The van der Waals surface area contributed by atoms with Gasteiger partial charge in [0.1, 0.15) is 0 Å². The Morgan fingerprint density at radius 1 is 0.875 bits per heavy atom. The van der Waals surface area contributed by atoms with E-state index in [0.717, 1.165) is 25.0 Å². The average Bonchev–Trinajstić information content (AvgIpc) is 3.35. The van der Waals surface area contributed by atoms with Crippen LogP contribution in [-0.4, -0.2) is 40.2 Å². The second-order valence-corrected chi connectivity index (χ2v) is 9.82. The lowest BCUT2D eigenvalue weighted by molar-refractivity contribution is -0.137. The molecule has 0 radical (unpaired) electrons. The molecule has 0 aromatic heterocycles. The number of aliphatic carboxylic acids is 1. The van der Waals surface area contributed by atoms with E-state index in [-0.39, 0.29) is 24.5 Å². The SMILES string of the molecule is O=C(O)CCCC[C@@H]1SC[C@@H]2NC(=O)N[C@@H]21.c1cc2ccc3cccc4ccc(c1)c2c34. The second-order valence-electron chi connectivity index (χ2n) is 8.55. The van der Waals surface area contributed by atoms with Gasteiger partial charge in [0.05, 0.1) is 12.1 Å². The topological polar surface area (TPSA) is 78.4 Å². The third-order valence-electron chi connectivity index (χ3n) is 6.46. The number of carbonyl (C=O) groups excluding carboxylic acids is 1. The predicted molar refractivity (Wildman–Crippen MR) is 132 cm³/mol. The fourth-order valence-corrected chi connectivity index (χ4v) is 6.48. The molecule has 5 nitrogen and oxygen atoms in total. The van der Waals surface area contributed by atoms with Crippen LogP contribution in [0.1, 0.15) is 25.7 Å². The van der Waals surface area contributed by atoms with Crippen LogP contribution in [0.3, 0.4) is 0 Å². The summed E-state index contributed by atoms with van der Waals surface area (Å²) in [5.41, 5.74) is 0. The molecule has 3 N–H and O–H groups in total. The first-order chi connectivity index (χ1) is 15.6. The number of unbranched alkanes of at least 4 members (excludes halogenated alkanes) is 1. The number of urea groups is 1. The van der Waals surface area contributed by atoms with Crippen LogP contribution in [0.5, 0.6) is 0 Å². The summed E-state index contributed by atoms with van der Waals surface area (Å²) in [6.45, 7) is 0. The lowest BCUT2D eigenvalue weighted by atomic mass is 9.95. The fraction of sp³-hybridized carbons (Fsp3) is 0.308. The summed E-state index contributed by atoms with van der Waals surface area (Å²) in [5.74, 6) is 0.236. The molecule has 3 atom stereocenters. The standard InChI is InChI=1S/C16H10.C10H16N2O3S/c1-3-11-7-9-13-5-2-6-14-10-8-12(4-1)15(11)16(13)14;13-8(14)4-2-1-3-7-9-6(5-16-7)11-10(15)12-9/h1-10H;6-7,9H,1-5H2,(H,13,14)(H2,11,12,15)/t;6-,7-,9-/m.0/s1. The summed E-state index contributed by atoms with van der Waals surface area (Å²) in [6, 6.07) is 22.3. The molecule has 0 bridgehead atoms. The number of benzene rings is 4. The van der Waals surface area contributed by atoms with Crippen LogP contribution in [0.2, 0.25) is 0 Å². The lowest BCUT2D eigenvalue weighted by Crippen LogP contribution is -2.36. The molecule has 2 amide bonds. The zero-order chi connectivity index (χ0) is 22.1. The maximum absolute atomic E-state index is 11.1. The number of carboxylic acid groups (broad SMARTS) is 1. The number of nitrogens with one attached hydrogen (secondary N) is 2. The van der Waals surface area contributed by atoms with Crippen molar-refractivity contribution in [3.8, 4) is 0 Å². The number of rotatable bonds is 5. The van der Waals surface area contributed by atoms with Crippen molar-refractivity contribution in [1.82, 2.24) is 10.6 Å². The first kappa shape index (κ1) is 20.9. The molecule has 4 aromatic rings. The molecule has 6 rings (SSSR count). The van der Waals surface area contributed by atoms with Gasteiger partial charge in [-0.3, -0.25) is 4.79 Å². The molecule has 0 spiro atoms. The average molecular weight is 447 g/mol. The van der Waals surface area contributed by atoms with E-state index in [4.69, 9.17) is 5.11 Å². The normalized spacial score (nSPS) is 21.9. The van der Waals surface area contributed by atoms with Gasteiger partial charge < -0.3 is 15.7 Å². The summed E-state index contributed by atoms with van der Waals surface area (Å²) in [7, 11) is 0. The molecule has 0 saturated carbocycles. The van der Waals surface area contributed by atoms with E-state index >= 15 is 0 Å². The van der Waals surface area contributed by atoms with E-state index in [1.165, 1.54) is 32.3 Å². The van der Waals surface area contributed by atoms with Gasteiger partial charge in [-0.15, -0.1) is 0 Å². The minimum Gasteiger partial charge on any atom is -0.481 e. The molecule has 0 aliphatic carbocycles. The lowest BCUT2D eigenvalue weighted by Gasteiger charge is -2.16. The van der Waals surface area contributed by atoms with E-state index in [1.807, 2.05) is 11.8 Å². The van der Waals surface area contributed by atoms with Crippen molar-refractivity contribution in [2.45, 2.75) is 43.0 Å². The van der Waals surface area contributed by atoms with Crippen LogP contribution in [0.25, 0.3) is 32.3 Å². The highest BCUT2D eigenvalue weighted by Gasteiger charge is 2.42. The number of hydrogen-bond donors (Lipinski definition) is 3. The number of carboxylic acids is 1. The van der Waals surface area contributed by atoms with Gasteiger partial charge in [-0.05, 0) is 45.2 Å². The third kappa shape index (κ3) is 4.07. The van der Waals surface area contributed by atoms with Crippen molar-refractivity contribution < 1.29 is 14.7 Å². The molecular formula is C26H26N2O3S. The maximum atomic E-state index is 11.1. The van der Waals surface area contributed by atoms with Crippen molar-refractivity contribution in [2.24, 2.45) is 0 Å². The number of hydrogen-bond acceptors (Lipinski definition) is 3. The second kappa shape index (κ2) is 8.87. The van der Waals surface area contributed by atoms with Gasteiger partial charge in [-0.25, -0.2) is 4.79 Å². The van der Waals surface area contributed by atoms with Crippen molar-refractivity contribution in [2.75, 3.05) is 5.75 Å². The Morgan fingerprint density at radius 3 is 1.97 bits per heavy atom. The molecule has 2 aliphatic rings. The summed E-state index contributed by atoms with van der Waals surface area (Å²) in [6.07, 6.45) is 2.88. The first-order valence-electron chi connectivity index (χ1n) is 11.1. The number of fused-ring (bicyclic) bond motifs is 1. The molecule has 0 unspecified atom stereocenters. The molecule has 2 saturated heterocycles. The van der Waals surface area contributed by atoms with Gasteiger partial charge in [0.2, 0.25) is 0 Å². The smallest absolute Gasteiger partial charge is 0.315 e. The first-order valence-corrected chi connectivity index (χ1v) is 12.2. The number of thioether (sulfide) groups is 1.